The summed E-state index contributed by atoms with van der Waals surface area (Å²) >= 11 is 0. The average molecular weight is 527 g/mol. The summed E-state index contributed by atoms with van der Waals surface area (Å²) in [6.07, 6.45) is 8.78. The Morgan fingerprint density at radius 2 is 1.87 bits per heavy atom. The van der Waals surface area contributed by atoms with Gasteiger partial charge in [0.2, 0.25) is 11.8 Å². The van der Waals surface area contributed by atoms with Crippen LogP contribution in [-0.2, 0) is 16.6 Å². The molecule has 3 aromatic rings. The van der Waals surface area contributed by atoms with Gasteiger partial charge in [-0.2, -0.15) is 0 Å². The maximum atomic E-state index is 13.0. The first-order valence-electron chi connectivity index (χ1n) is 13.9. The lowest BCUT2D eigenvalue weighted by atomic mass is 9.89. The number of carbonyl (C=O) groups excluding carboxylic acids is 2. The van der Waals surface area contributed by atoms with Crippen LogP contribution in [0.2, 0.25) is 0 Å². The topological polar surface area (TPSA) is 101 Å². The van der Waals surface area contributed by atoms with Crippen LogP contribution in [0, 0.1) is 17.8 Å². The van der Waals surface area contributed by atoms with Crippen LogP contribution in [0.3, 0.4) is 0 Å². The molecule has 1 atom stereocenters. The summed E-state index contributed by atoms with van der Waals surface area (Å²) in [4.78, 5) is 43.8. The van der Waals surface area contributed by atoms with Gasteiger partial charge in [0, 0.05) is 75.6 Å². The fraction of sp³-hybridized carbons (Fsp3) is 0.467. The van der Waals surface area contributed by atoms with Gasteiger partial charge in [0.1, 0.15) is 6.04 Å². The van der Waals surface area contributed by atoms with E-state index in [1.807, 2.05) is 30.6 Å². The van der Waals surface area contributed by atoms with E-state index in [4.69, 9.17) is 0 Å². The SMILES string of the molecule is Cn1c(=O)n(C2CCC(=O)NC2=O)c2ccc(C#CCCC3CCN(c4ccncc4C4CNC4)CC3)cc21. The predicted molar refractivity (Wildman–Crippen MR) is 149 cm³/mol. The highest BCUT2D eigenvalue weighted by atomic mass is 16.2. The molecule has 0 bridgehead atoms. The standard InChI is InChI=1S/C30H34N6O3/c1-34-27-16-21(6-7-25(27)36(30(34)39)26-8-9-28(37)33-29(26)38)5-3-2-4-20-11-14-35(15-12-20)24-10-13-31-19-23(24)22-17-32-18-22/h6-7,10,13,16,19-20,22,26,32H,2,4,8-9,11-12,14-15,17-18H2,1H3,(H,33,37,38). The first kappa shape index (κ1) is 25.4. The molecule has 1 unspecified atom stereocenters. The maximum Gasteiger partial charge on any atom is 0.329 e. The number of aromatic nitrogens is 3. The minimum atomic E-state index is -0.678. The smallest absolute Gasteiger partial charge is 0.329 e. The van der Waals surface area contributed by atoms with Crippen LogP contribution in [0.15, 0.2) is 41.5 Å². The summed E-state index contributed by atoms with van der Waals surface area (Å²) in [7, 11) is 1.70. The van der Waals surface area contributed by atoms with Crippen molar-refractivity contribution in [3.8, 4) is 11.8 Å². The molecule has 2 amide bonds. The molecule has 3 saturated heterocycles. The number of nitrogens with one attached hydrogen (secondary N) is 2. The van der Waals surface area contributed by atoms with Crippen molar-refractivity contribution >= 4 is 28.5 Å². The van der Waals surface area contributed by atoms with Gasteiger partial charge in [-0.25, -0.2) is 4.79 Å². The summed E-state index contributed by atoms with van der Waals surface area (Å²) in [5, 5.41) is 5.72. The summed E-state index contributed by atoms with van der Waals surface area (Å²) in [5.74, 6) is 7.15. The molecule has 9 nitrogen and oxygen atoms in total. The number of pyridine rings is 1. The molecule has 5 heterocycles. The van der Waals surface area contributed by atoms with Crippen molar-refractivity contribution in [2.45, 2.75) is 50.5 Å². The molecule has 0 aliphatic carbocycles. The zero-order valence-electron chi connectivity index (χ0n) is 22.3. The van der Waals surface area contributed by atoms with Gasteiger partial charge < -0.3 is 10.2 Å². The normalized spacial score (nSPS) is 20.4. The van der Waals surface area contributed by atoms with Gasteiger partial charge in [0.15, 0.2) is 0 Å². The Balaban J connectivity index is 1.07. The number of hydrogen-bond acceptors (Lipinski definition) is 6. The molecule has 0 radical (unpaired) electrons. The summed E-state index contributed by atoms with van der Waals surface area (Å²) in [6.45, 7) is 4.24. The third-order valence-corrected chi connectivity index (χ3v) is 8.53. The second kappa shape index (κ2) is 10.7. The Morgan fingerprint density at radius 3 is 2.62 bits per heavy atom. The van der Waals surface area contributed by atoms with Crippen molar-refractivity contribution in [3.63, 3.8) is 0 Å². The van der Waals surface area contributed by atoms with Gasteiger partial charge in [0.25, 0.3) is 0 Å². The van der Waals surface area contributed by atoms with Crippen LogP contribution in [0.25, 0.3) is 11.0 Å². The van der Waals surface area contributed by atoms with E-state index in [0.717, 1.165) is 50.1 Å². The number of aryl methyl sites for hydroxylation is 1. The largest absolute Gasteiger partial charge is 0.371 e. The number of rotatable bonds is 5. The Bertz CT molecular complexity index is 1530. The van der Waals surface area contributed by atoms with Gasteiger partial charge in [0.05, 0.1) is 11.0 Å². The van der Waals surface area contributed by atoms with Gasteiger partial charge in [-0.05, 0) is 61.4 Å². The van der Waals surface area contributed by atoms with Gasteiger partial charge in [-0.15, -0.1) is 0 Å². The lowest BCUT2D eigenvalue weighted by molar-refractivity contribution is -0.135. The quantitative estimate of drug-likeness (QED) is 0.391. The van der Waals surface area contributed by atoms with Gasteiger partial charge in [-0.3, -0.25) is 29.0 Å². The van der Waals surface area contributed by atoms with Gasteiger partial charge >= 0.3 is 5.69 Å². The number of imide groups is 1. The number of benzene rings is 1. The third-order valence-electron chi connectivity index (χ3n) is 8.53. The second-order valence-electron chi connectivity index (χ2n) is 10.9. The van der Waals surface area contributed by atoms with Crippen LogP contribution in [0.4, 0.5) is 5.69 Å². The van der Waals surface area contributed by atoms with Crippen molar-refractivity contribution < 1.29 is 9.59 Å². The van der Waals surface area contributed by atoms with Crippen LogP contribution in [0.5, 0.6) is 0 Å². The first-order valence-corrected chi connectivity index (χ1v) is 13.9. The van der Waals surface area contributed by atoms with E-state index in [1.54, 1.807) is 11.6 Å². The highest BCUT2D eigenvalue weighted by molar-refractivity contribution is 6.00. The summed E-state index contributed by atoms with van der Waals surface area (Å²) in [6, 6.07) is 7.16. The minimum absolute atomic E-state index is 0.227. The van der Waals surface area contributed by atoms with Crippen LogP contribution in [0.1, 0.15) is 61.6 Å². The zero-order valence-corrected chi connectivity index (χ0v) is 22.3. The second-order valence-corrected chi connectivity index (χ2v) is 10.9. The first-order chi connectivity index (χ1) is 19.0. The number of fused-ring (bicyclic) bond motifs is 1. The highest BCUT2D eigenvalue weighted by Crippen LogP contribution is 2.33. The van der Waals surface area contributed by atoms with Crippen molar-refractivity contribution in [2.75, 3.05) is 31.1 Å². The molecule has 1 aromatic carbocycles. The average Bonchev–Trinajstić information content (AvgIpc) is 3.16. The summed E-state index contributed by atoms with van der Waals surface area (Å²) in [5.41, 5.74) is 4.73. The Hall–Kier alpha value is -3.90. The Labute approximate surface area is 227 Å². The molecule has 3 aliphatic heterocycles. The third kappa shape index (κ3) is 4.97. The number of amides is 2. The van der Waals surface area contributed by atoms with E-state index in [0.29, 0.717) is 23.8 Å². The minimum Gasteiger partial charge on any atom is -0.371 e. The van der Waals surface area contributed by atoms with E-state index in [9.17, 15) is 14.4 Å². The van der Waals surface area contributed by atoms with Crippen LogP contribution >= 0.6 is 0 Å². The number of piperidine rings is 2. The number of hydrogen-bond donors (Lipinski definition) is 2. The van der Waals surface area contributed by atoms with E-state index in [2.05, 4.69) is 38.4 Å². The monoisotopic (exact) mass is 526 g/mol. The van der Waals surface area contributed by atoms with Crippen LogP contribution < -0.4 is 21.2 Å². The number of carbonyl (C=O) groups is 2. The predicted octanol–water partition coefficient (Wildman–Crippen LogP) is 2.45. The number of nitrogens with zero attached hydrogens (tertiary/aromatic N) is 4. The van der Waals surface area contributed by atoms with E-state index in [-0.39, 0.29) is 18.0 Å². The Kier molecular flexibility index (Phi) is 6.96. The lowest BCUT2D eigenvalue weighted by Gasteiger charge is -2.37. The zero-order chi connectivity index (χ0) is 26.9. The van der Waals surface area contributed by atoms with E-state index in [1.165, 1.54) is 28.7 Å². The molecular formula is C30H34N6O3. The molecule has 0 saturated carbocycles. The molecule has 3 aliphatic rings. The van der Waals surface area contributed by atoms with Crippen molar-refractivity contribution in [3.05, 3.63) is 58.3 Å². The fourth-order valence-electron chi connectivity index (χ4n) is 6.08. The molecule has 2 N–H and O–H groups in total. The summed E-state index contributed by atoms with van der Waals surface area (Å²) < 4.78 is 3.05. The molecule has 6 rings (SSSR count). The number of anilines is 1. The molecule has 2 aromatic heterocycles. The molecule has 202 valence electrons. The highest BCUT2D eigenvalue weighted by Gasteiger charge is 2.31. The lowest BCUT2D eigenvalue weighted by Crippen LogP contribution is -2.44. The van der Waals surface area contributed by atoms with Gasteiger partial charge in [-0.1, -0.05) is 11.8 Å². The molecular weight excluding hydrogens is 492 g/mol. The molecule has 0 spiro atoms. The van der Waals surface area contributed by atoms with Crippen LogP contribution in [-0.4, -0.2) is 52.1 Å². The maximum absolute atomic E-state index is 13.0. The fourth-order valence-corrected chi connectivity index (χ4v) is 6.08. The Morgan fingerprint density at radius 1 is 1.05 bits per heavy atom. The molecule has 39 heavy (non-hydrogen) atoms. The molecule has 9 heteroatoms. The van der Waals surface area contributed by atoms with Crippen molar-refractivity contribution in [1.82, 2.24) is 24.8 Å². The van der Waals surface area contributed by atoms with Crippen molar-refractivity contribution in [2.24, 2.45) is 13.0 Å². The van der Waals surface area contributed by atoms with E-state index >= 15 is 0 Å². The van der Waals surface area contributed by atoms with E-state index < -0.39 is 11.9 Å². The number of imidazole rings is 1. The van der Waals surface area contributed by atoms with Crippen molar-refractivity contribution in [1.29, 1.82) is 0 Å². The molecule has 3 fully saturated rings.